The fraction of sp³-hybridized carbons (Fsp3) is 0.269. The van der Waals surface area contributed by atoms with Crippen LogP contribution in [0.1, 0.15) is 11.5 Å². The number of likely N-dealkylation sites (tertiary alicyclic amines) is 1. The molecule has 1 aliphatic rings. The molecular formula is C26H27N5O2S. The molecule has 2 amide bonds. The van der Waals surface area contributed by atoms with E-state index < -0.39 is 0 Å². The second kappa shape index (κ2) is 10.3. The maximum Gasteiger partial charge on any atom is 0.319 e. The van der Waals surface area contributed by atoms with Crippen molar-refractivity contribution in [3.63, 3.8) is 0 Å². The summed E-state index contributed by atoms with van der Waals surface area (Å²) >= 11 is 1.50. The Morgan fingerprint density at radius 1 is 1.15 bits per heavy atom. The van der Waals surface area contributed by atoms with Gasteiger partial charge < -0.3 is 15.4 Å². The number of anilines is 1. The van der Waals surface area contributed by atoms with Crippen LogP contribution < -0.4 is 10.6 Å². The van der Waals surface area contributed by atoms with Gasteiger partial charge >= 0.3 is 6.03 Å². The molecule has 0 radical (unpaired) electrons. The molecule has 2 atom stereocenters. The first-order chi connectivity index (χ1) is 16.7. The van der Waals surface area contributed by atoms with E-state index in [-0.39, 0.29) is 18.0 Å². The zero-order chi connectivity index (χ0) is 23.3. The van der Waals surface area contributed by atoms with Crippen molar-refractivity contribution < 1.29 is 9.53 Å². The highest BCUT2D eigenvalue weighted by atomic mass is 32.1. The lowest BCUT2D eigenvalue weighted by Gasteiger charge is -2.21. The molecule has 0 spiro atoms. The molecule has 4 aromatic rings. The Kier molecular flexibility index (Phi) is 6.80. The van der Waals surface area contributed by atoms with Gasteiger partial charge in [0, 0.05) is 44.2 Å². The molecule has 5 rings (SSSR count). The number of thiazole rings is 1. The second-order valence-corrected chi connectivity index (χ2v) is 9.30. The van der Waals surface area contributed by atoms with Gasteiger partial charge in [-0.1, -0.05) is 48.5 Å². The first-order valence-electron chi connectivity index (χ1n) is 11.3. The van der Waals surface area contributed by atoms with Crippen molar-refractivity contribution >= 4 is 34.0 Å². The molecule has 0 aliphatic carbocycles. The summed E-state index contributed by atoms with van der Waals surface area (Å²) in [6.07, 6.45) is 1.78. The summed E-state index contributed by atoms with van der Waals surface area (Å²) in [7, 11) is 1.71. The van der Waals surface area contributed by atoms with Crippen molar-refractivity contribution in [1.82, 2.24) is 20.2 Å². The minimum Gasteiger partial charge on any atom is -0.383 e. The van der Waals surface area contributed by atoms with Crippen LogP contribution in [0.5, 0.6) is 0 Å². The molecule has 0 bridgehead atoms. The van der Waals surface area contributed by atoms with E-state index in [1.807, 2.05) is 48.5 Å². The third-order valence-electron chi connectivity index (χ3n) is 6.19. The lowest BCUT2D eigenvalue weighted by molar-refractivity contribution is 0.159. The number of pyridine rings is 1. The van der Waals surface area contributed by atoms with Gasteiger partial charge in [0.2, 0.25) is 0 Å². The maximum atomic E-state index is 13.2. The van der Waals surface area contributed by atoms with E-state index in [0.717, 1.165) is 41.1 Å². The molecule has 1 fully saturated rings. The lowest BCUT2D eigenvalue weighted by atomic mass is 9.94. The Bertz CT molecular complexity index is 1250. The number of carbonyl (C=O) groups is 1. The fourth-order valence-electron chi connectivity index (χ4n) is 4.53. The van der Waals surface area contributed by atoms with E-state index in [9.17, 15) is 4.79 Å². The van der Waals surface area contributed by atoms with Crippen LogP contribution in [-0.4, -0.2) is 60.3 Å². The van der Waals surface area contributed by atoms with Gasteiger partial charge in [-0.05, 0) is 17.7 Å². The van der Waals surface area contributed by atoms with Gasteiger partial charge in [0.25, 0.3) is 0 Å². The lowest BCUT2D eigenvalue weighted by Crippen LogP contribution is -2.42. The second-order valence-electron chi connectivity index (χ2n) is 8.42. The maximum absolute atomic E-state index is 13.2. The molecule has 2 N–H and O–H groups in total. The highest BCUT2D eigenvalue weighted by molar-refractivity contribution is 7.13. The third kappa shape index (κ3) is 4.94. The first kappa shape index (κ1) is 22.5. The molecule has 2 aromatic carbocycles. The van der Waals surface area contributed by atoms with Crippen LogP contribution in [0, 0.1) is 0 Å². The number of hydrogen-bond acceptors (Lipinski definition) is 6. The highest BCUT2D eigenvalue weighted by Crippen LogP contribution is 2.32. The molecule has 2 aromatic heterocycles. The fourth-order valence-corrected chi connectivity index (χ4v) is 5.16. The largest absolute Gasteiger partial charge is 0.383 e. The topological polar surface area (TPSA) is 79.4 Å². The molecule has 3 heterocycles. The number of urea groups is 1. The van der Waals surface area contributed by atoms with Crippen LogP contribution in [0.2, 0.25) is 0 Å². The Hall–Kier alpha value is -3.33. The van der Waals surface area contributed by atoms with Crippen LogP contribution in [0.25, 0.3) is 21.5 Å². The Morgan fingerprint density at radius 2 is 1.97 bits per heavy atom. The van der Waals surface area contributed by atoms with E-state index in [0.29, 0.717) is 12.3 Å². The predicted octanol–water partition coefficient (Wildman–Crippen LogP) is 4.59. The average Bonchev–Trinajstić information content (AvgIpc) is 3.53. The number of para-hydroxylation sites is 1. The summed E-state index contributed by atoms with van der Waals surface area (Å²) in [5.41, 5.74) is 5.28. The molecule has 1 saturated heterocycles. The van der Waals surface area contributed by atoms with E-state index >= 15 is 0 Å². The van der Waals surface area contributed by atoms with Gasteiger partial charge in [0.1, 0.15) is 5.69 Å². The molecule has 7 nitrogen and oxygen atoms in total. The van der Waals surface area contributed by atoms with Crippen LogP contribution >= 0.6 is 11.3 Å². The number of ether oxygens (including phenoxy) is 1. The quantitative estimate of drug-likeness (QED) is 0.410. The van der Waals surface area contributed by atoms with Crippen LogP contribution in [0.15, 0.2) is 72.4 Å². The molecule has 0 saturated carbocycles. The zero-order valence-electron chi connectivity index (χ0n) is 19.0. The van der Waals surface area contributed by atoms with Gasteiger partial charge in [-0.25, -0.2) is 9.78 Å². The van der Waals surface area contributed by atoms with E-state index in [4.69, 9.17) is 9.72 Å². The molecule has 0 unspecified atom stereocenters. The number of amides is 2. The number of fused-ring (bicyclic) bond motifs is 1. The Morgan fingerprint density at radius 3 is 2.76 bits per heavy atom. The number of methoxy groups -OCH3 is 1. The number of rotatable bonds is 7. The van der Waals surface area contributed by atoms with Crippen molar-refractivity contribution in [2.75, 3.05) is 38.7 Å². The summed E-state index contributed by atoms with van der Waals surface area (Å²) in [5, 5.41) is 7.27. The van der Waals surface area contributed by atoms with Gasteiger partial charge in [0.05, 0.1) is 34.2 Å². The molecule has 34 heavy (non-hydrogen) atoms. The number of carbonyl (C=O) groups excluding carboxylic acids is 1. The van der Waals surface area contributed by atoms with Crippen molar-refractivity contribution in [2.45, 2.75) is 12.0 Å². The number of nitrogens with zero attached hydrogens (tertiary/aromatic N) is 3. The number of nitrogens with one attached hydrogen (secondary N) is 2. The van der Waals surface area contributed by atoms with E-state index in [2.05, 4.69) is 32.7 Å². The van der Waals surface area contributed by atoms with Crippen molar-refractivity contribution in [2.24, 2.45) is 0 Å². The van der Waals surface area contributed by atoms with Crippen LogP contribution in [-0.2, 0) is 4.74 Å². The van der Waals surface area contributed by atoms with E-state index in [1.54, 1.807) is 18.8 Å². The van der Waals surface area contributed by atoms with Gasteiger partial charge in [0.15, 0.2) is 0 Å². The van der Waals surface area contributed by atoms with E-state index in [1.165, 1.54) is 16.9 Å². The highest BCUT2D eigenvalue weighted by Gasteiger charge is 2.34. The minimum atomic E-state index is -0.234. The molecular weight excluding hydrogens is 446 g/mol. The number of benzene rings is 2. The van der Waals surface area contributed by atoms with Crippen molar-refractivity contribution in [1.29, 1.82) is 0 Å². The predicted molar refractivity (Wildman–Crippen MR) is 136 cm³/mol. The summed E-state index contributed by atoms with van der Waals surface area (Å²) < 4.78 is 5.27. The Balaban J connectivity index is 1.38. The normalized spacial score (nSPS) is 18.3. The summed E-state index contributed by atoms with van der Waals surface area (Å²) in [5.74, 6) is 0.208. The van der Waals surface area contributed by atoms with Crippen molar-refractivity contribution in [3.05, 3.63) is 77.9 Å². The smallest absolute Gasteiger partial charge is 0.319 e. The van der Waals surface area contributed by atoms with Gasteiger partial charge in [-0.15, -0.1) is 11.3 Å². The summed E-state index contributed by atoms with van der Waals surface area (Å²) in [6, 6.07) is 20.0. The van der Waals surface area contributed by atoms with Crippen molar-refractivity contribution in [3.8, 4) is 10.6 Å². The standard InChI is InChI=1S/C26H27N5O2S/c1-33-12-11-31-15-20(18-7-3-2-4-8-18)23(16-31)30-26(32)29-22-13-19-9-5-6-10-21(19)28-25(22)24-14-27-17-34-24/h2-10,13-14,17,20,23H,11-12,15-16H2,1H3,(H2,29,30,32)/t20-,23+/m0/s1. The minimum absolute atomic E-state index is 0.0143. The van der Waals surface area contributed by atoms with Crippen LogP contribution in [0.3, 0.4) is 0 Å². The number of hydrogen-bond donors (Lipinski definition) is 2. The zero-order valence-corrected chi connectivity index (χ0v) is 19.8. The summed E-state index contributed by atoms with van der Waals surface area (Å²) in [6.45, 7) is 3.15. The number of aromatic nitrogens is 2. The SMILES string of the molecule is COCCN1C[C@@H](NC(=O)Nc2cc3ccccc3nc2-c2cncs2)[C@H](c2ccccc2)C1. The third-order valence-corrected chi connectivity index (χ3v) is 6.97. The van der Waals surface area contributed by atoms with Gasteiger partial charge in [-0.2, -0.15) is 0 Å². The molecule has 174 valence electrons. The summed E-state index contributed by atoms with van der Waals surface area (Å²) in [4.78, 5) is 25.5. The molecule has 1 aliphatic heterocycles. The van der Waals surface area contributed by atoms with Gasteiger partial charge in [-0.3, -0.25) is 9.88 Å². The monoisotopic (exact) mass is 473 g/mol. The average molecular weight is 474 g/mol. The first-order valence-corrected chi connectivity index (χ1v) is 12.2. The Labute approximate surface area is 202 Å². The molecule has 8 heteroatoms. The van der Waals surface area contributed by atoms with Crippen LogP contribution in [0.4, 0.5) is 10.5 Å².